The molecule has 6 heteroatoms. The van der Waals surface area contributed by atoms with Crippen LogP contribution in [-0.4, -0.2) is 33.7 Å². The molecule has 1 aliphatic carbocycles. The first-order chi connectivity index (χ1) is 13.2. The molecule has 0 aliphatic heterocycles. The molecule has 1 heterocycles. The number of carbonyl (C=O) groups excluding carboxylic acids is 1. The Morgan fingerprint density at radius 2 is 2.18 bits per heavy atom. The van der Waals surface area contributed by atoms with E-state index in [1.54, 1.807) is 0 Å². The van der Waals surface area contributed by atoms with Crippen molar-refractivity contribution in [2.75, 3.05) is 11.9 Å². The molecule has 1 saturated carbocycles. The predicted octanol–water partition coefficient (Wildman–Crippen LogP) is 3.53. The molecule has 0 saturated heterocycles. The van der Waals surface area contributed by atoms with Gasteiger partial charge in [-0.05, 0) is 24.6 Å². The van der Waals surface area contributed by atoms with Crippen molar-refractivity contribution in [3.8, 4) is 0 Å². The van der Waals surface area contributed by atoms with Crippen molar-refractivity contribution in [1.82, 2.24) is 9.55 Å². The molecule has 2 unspecified atom stereocenters. The summed E-state index contributed by atoms with van der Waals surface area (Å²) >= 11 is 0. The van der Waals surface area contributed by atoms with Gasteiger partial charge in [0, 0.05) is 49.0 Å². The Labute approximate surface area is 167 Å². The van der Waals surface area contributed by atoms with Crippen LogP contribution in [0.2, 0.25) is 0 Å². The fourth-order valence-electron chi connectivity index (χ4n) is 3.96. The molecular weight excluding hydrogens is 352 g/mol. The van der Waals surface area contributed by atoms with Gasteiger partial charge in [0.25, 0.3) is 0 Å². The van der Waals surface area contributed by atoms with Crippen molar-refractivity contribution in [1.29, 1.82) is 0 Å². The van der Waals surface area contributed by atoms with E-state index in [9.17, 15) is 4.79 Å². The van der Waals surface area contributed by atoms with Gasteiger partial charge in [-0.2, -0.15) is 0 Å². The first kappa shape index (κ1) is 20.6. The van der Waals surface area contributed by atoms with Crippen LogP contribution in [0.4, 0.5) is 5.69 Å². The number of benzene rings is 1. The monoisotopic (exact) mass is 384 g/mol. The number of hydrogen-bond donors (Lipinski definition) is 2. The number of aromatic nitrogens is 2. The van der Waals surface area contributed by atoms with Crippen molar-refractivity contribution in [2.24, 2.45) is 11.1 Å². The minimum absolute atomic E-state index is 0.00952. The number of anilines is 1. The fourth-order valence-corrected chi connectivity index (χ4v) is 3.96. The predicted molar refractivity (Wildman–Crippen MR) is 111 cm³/mol. The van der Waals surface area contributed by atoms with Crippen LogP contribution in [0, 0.1) is 5.41 Å². The number of rotatable bonds is 7. The average Bonchev–Trinajstić information content (AvgIpc) is 3.10. The van der Waals surface area contributed by atoms with E-state index >= 15 is 0 Å². The normalized spacial score (nSPS) is 23.5. The molecule has 1 aliphatic rings. The van der Waals surface area contributed by atoms with E-state index in [1.807, 2.05) is 51.4 Å². The van der Waals surface area contributed by atoms with E-state index in [0.717, 1.165) is 17.1 Å². The maximum absolute atomic E-state index is 12.9. The second-order valence-electron chi connectivity index (χ2n) is 8.56. The van der Waals surface area contributed by atoms with Crippen LogP contribution in [0.3, 0.4) is 0 Å². The number of nitrogens with zero attached hydrogens (tertiary/aromatic N) is 2. The number of ether oxygens (including phenoxy) is 1. The minimum atomic E-state index is -0.933. The Morgan fingerprint density at radius 3 is 2.82 bits per heavy atom. The summed E-state index contributed by atoms with van der Waals surface area (Å²) < 4.78 is 7.87. The van der Waals surface area contributed by atoms with Gasteiger partial charge in [-0.3, -0.25) is 4.79 Å². The highest BCUT2D eigenvalue weighted by atomic mass is 16.5. The Balaban J connectivity index is 1.71. The van der Waals surface area contributed by atoms with E-state index in [-0.39, 0.29) is 12.0 Å². The van der Waals surface area contributed by atoms with Gasteiger partial charge < -0.3 is 20.4 Å². The zero-order valence-corrected chi connectivity index (χ0v) is 17.5. The summed E-state index contributed by atoms with van der Waals surface area (Å²) in [5.74, 6) is 1.25. The zero-order valence-electron chi connectivity index (χ0n) is 17.5. The molecule has 2 aromatic rings. The second-order valence-corrected chi connectivity index (χ2v) is 8.56. The smallest absolute Gasteiger partial charge is 0.245 e. The van der Waals surface area contributed by atoms with Gasteiger partial charge in [-0.25, -0.2) is 4.98 Å². The van der Waals surface area contributed by atoms with Crippen LogP contribution < -0.4 is 11.1 Å². The molecule has 28 heavy (non-hydrogen) atoms. The average molecular weight is 385 g/mol. The van der Waals surface area contributed by atoms with Crippen molar-refractivity contribution in [3.63, 3.8) is 0 Å². The van der Waals surface area contributed by atoms with Crippen molar-refractivity contribution in [2.45, 2.75) is 65.1 Å². The molecule has 0 bridgehead atoms. The van der Waals surface area contributed by atoms with Crippen LogP contribution in [-0.2, 0) is 16.1 Å². The zero-order chi connectivity index (χ0) is 20.5. The number of nitrogens with two attached hydrogens (primary N) is 1. The summed E-state index contributed by atoms with van der Waals surface area (Å²) in [5.41, 5.74) is 7.01. The largest absolute Gasteiger partial charge is 0.378 e. The van der Waals surface area contributed by atoms with Gasteiger partial charge >= 0.3 is 0 Å². The van der Waals surface area contributed by atoms with Crippen LogP contribution in [0.15, 0.2) is 36.7 Å². The van der Waals surface area contributed by atoms with Gasteiger partial charge in [0.2, 0.25) is 5.91 Å². The van der Waals surface area contributed by atoms with Gasteiger partial charge in [0.15, 0.2) is 0 Å². The molecule has 2 atom stereocenters. The quantitative estimate of drug-likeness (QED) is 0.765. The molecule has 6 nitrogen and oxygen atoms in total. The summed E-state index contributed by atoms with van der Waals surface area (Å²) in [6, 6.07) is 7.90. The SMILES string of the molecule is CCOC1CC(N)(C(=O)Nc2cccc(Cn3ccnc3C(C)C)c2)C1(C)C. The number of imidazole rings is 1. The van der Waals surface area contributed by atoms with E-state index in [2.05, 4.69) is 34.8 Å². The molecular formula is C22H32N4O2. The third-order valence-electron chi connectivity index (χ3n) is 6.04. The lowest BCUT2D eigenvalue weighted by atomic mass is 9.54. The third kappa shape index (κ3) is 3.59. The van der Waals surface area contributed by atoms with Crippen molar-refractivity contribution < 1.29 is 9.53 Å². The van der Waals surface area contributed by atoms with Crippen molar-refractivity contribution in [3.05, 3.63) is 48.0 Å². The number of amides is 1. The van der Waals surface area contributed by atoms with E-state index < -0.39 is 11.0 Å². The maximum Gasteiger partial charge on any atom is 0.245 e. The molecule has 152 valence electrons. The maximum atomic E-state index is 12.9. The summed E-state index contributed by atoms with van der Waals surface area (Å²) in [4.78, 5) is 17.4. The van der Waals surface area contributed by atoms with Crippen molar-refractivity contribution >= 4 is 11.6 Å². The third-order valence-corrected chi connectivity index (χ3v) is 6.04. The molecule has 1 aromatic carbocycles. The molecule has 0 radical (unpaired) electrons. The fraction of sp³-hybridized carbons (Fsp3) is 0.545. The lowest BCUT2D eigenvalue weighted by Crippen LogP contribution is -2.74. The molecule has 1 fully saturated rings. The molecule has 1 amide bonds. The lowest BCUT2D eigenvalue weighted by molar-refractivity contribution is -0.166. The highest BCUT2D eigenvalue weighted by Gasteiger charge is 2.62. The van der Waals surface area contributed by atoms with E-state index in [4.69, 9.17) is 10.5 Å². The van der Waals surface area contributed by atoms with Crippen LogP contribution >= 0.6 is 0 Å². The van der Waals surface area contributed by atoms with Crippen LogP contribution in [0.5, 0.6) is 0 Å². The summed E-state index contributed by atoms with van der Waals surface area (Å²) in [6.45, 7) is 11.6. The van der Waals surface area contributed by atoms with Gasteiger partial charge in [0.1, 0.15) is 11.4 Å². The summed E-state index contributed by atoms with van der Waals surface area (Å²) in [5, 5.41) is 3.02. The Hall–Kier alpha value is -2.18. The Morgan fingerprint density at radius 1 is 1.43 bits per heavy atom. The molecule has 0 spiro atoms. The summed E-state index contributed by atoms with van der Waals surface area (Å²) in [6.07, 6.45) is 4.36. The first-order valence-corrected chi connectivity index (χ1v) is 10.0. The van der Waals surface area contributed by atoms with E-state index in [1.165, 1.54) is 0 Å². The van der Waals surface area contributed by atoms with Crippen LogP contribution in [0.1, 0.15) is 58.3 Å². The molecule has 1 aromatic heterocycles. The van der Waals surface area contributed by atoms with Gasteiger partial charge in [-0.15, -0.1) is 0 Å². The highest BCUT2D eigenvalue weighted by Crippen LogP contribution is 2.50. The second kappa shape index (κ2) is 7.68. The van der Waals surface area contributed by atoms with Crippen LogP contribution in [0.25, 0.3) is 0 Å². The first-order valence-electron chi connectivity index (χ1n) is 10.0. The van der Waals surface area contributed by atoms with Gasteiger partial charge in [0.05, 0.1) is 6.10 Å². The summed E-state index contributed by atoms with van der Waals surface area (Å²) in [7, 11) is 0. The molecule has 3 N–H and O–H groups in total. The Bertz CT molecular complexity index is 843. The highest BCUT2D eigenvalue weighted by molar-refractivity contribution is 5.99. The minimum Gasteiger partial charge on any atom is -0.378 e. The number of nitrogens with one attached hydrogen (secondary N) is 1. The number of carbonyl (C=O) groups is 1. The Kier molecular flexibility index (Phi) is 5.64. The molecule has 3 rings (SSSR count). The lowest BCUT2D eigenvalue weighted by Gasteiger charge is -2.57. The van der Waals surface area contributed by atoms with Gasteiger partial charge in [-0.1, -0.05) is 39.8 Å². The topological polar surface area (TPSA) is 82.2 Å². The number of hydrogen-bond acceptors (Lipinski definition) is 4. The standard InChI is InChI=1S/C22H32N4O2/c1-6-28-18-13-22(23,21(18,4)5)20(27)25-17-9-7-8-16(12-17)14-26-11-10-24-19(26)15(2)3/h7-12,15,18H,6,13-14,23H2,1-5H3,(H,25,27). The van der Waals surface area contributed by atoms with E-state index in [0.29, 0.717) is 25.5 Å².